The highest BCUT2D eigenvalue weighted by Crippen LogP contribution is 2.14. The third kappa shape index (κ3) is 3.22. The lowest BCUT2D eigenvalue weighted by Crippen LogP contribution is -2.13. The van der Waals surface area contributed by atoms with Gasteiger partial charge in [-0.2, -0.15) is 0 Å². The number of aliphatic hydroxyl groups excluding tert-OH is 1. The second-order valence-corrected chi connectivity index (χ2v) is 3.94. The topological polar surface area (TPSA) is 75.4 Å². The molecule has 2 rings (SSSR count). The van der Waals surface area contributed by atoms with Gasteiger partial charge in [0, 0.05) is 11.6 Å². The van der Waals surface area contributed by atoms with Gasteiger partial charge in [-0.15, -0.1) is 0 Å². The number of hydrogen-bond acceptors (Lipinski definition) is 4. The highest BCUT2D eigenvalue weighted by molar-refractivity contribution is 6.03. The van der Waals surface area contributed by atoms with Crippen molar-refractivity contribution in [2.75, 3.05) is 11.9 Å². The van der Waals surface area contributed by atoms with E-state index in [-0.39, 0.29) is 18.1 Å². The summed E-state index contributed by atoms with van der Waals surface area (Å²) < 4.78 is 18.6. The molecule has 0 saturated heterocycles. The van der Waals surface area contributed by atoms with Crippen LogP contribution in [0.4, 0.5) is 10.3 Å². The van der Waals surface area contributed by atoms with Crippen LogP contribution < -0.4 is 5.32 Å². The molecular weight excluding hydrogens is 263 g/mol. The molecule has 0 aliphatic heterocycles. The Balaban J connectivity index is 2.18. The molecule has 1 aromatic carbocycles. The first-order chi connectivity index (χ1) is 9.60. The summed E-state index contributed by atoms with van der Waals surface area (Å²) in [6.07, 6.45) is 0. The number of carbonyl (C=O) groups is 1. The summed E-state index contributed by atoms with van der Waals surface area (Å²) in [6, 6.07) is 5.46. The number of aromatic nitrogens is 1. The van der Waals surface area contributed by atoms with Crippen LogP contribution in [0.1, 0.15) is 21.6 Å². The number of benzene rings is 1. The number of rotatable bonds is 2. The lowest BCUT2D eigenvalue weighted by atomic mass is 10.1. The molecule has 1 amide bonds. The van der Waals surface area contributed by atoms with Crippen molar-refractivity contribution in [1.82, 2.24) is 5.16 Å². The van der Waals surface area contributed by atoms with Crippen molar-refractivity contribution in [2.45, 2.75) is 6.92 Å². The molecule has 0 unspecified atom stereocenters. The summed E-state index contributed by atoms with van der Waals surface area (Å²) in [5.41, 5.74) is 0.854. The van der Waals surface area contributed by atoms with Gasteiger partial charge in [-0.25, -0.2) is 4.39 Å². The van der Waals surface area contributed by atoms with Crippen molar-refractivity contribution in [3.63, 3.8) is 0 Å². The van der Waals surface area contributed by atoms with Gasteiger partial charge < -0.3 is 9.63 Å². The van der Waals surface area contributed by atoms with E-state index in [9.17, 15) is 9.18 Å². The van der Waals surface area contributed by atoms with Gasteiger partial charge in [0.15, 0.2) is 0 Å². The maximum Gasteiger partial charge on any atom is 0.261 e. The van der Waals surface area contributed by atoms with Crippen LogP contribution in [0.3, 0.4) is 0 Å². The summed E-state index contributed by atoms with van der Waals surface area (Å²) in [7, 11) is 0. The highest BCUT2D eigenvalue weighted by Gasteiger charge is 2.14. The number of amides is 1. The van der Waals surface area contributed by atoms with Crippen LogP contribution in [0.25, 0.3) is 0 Å². The van der Waals surface area contributed by atoms with Crippen LogP contribution in [-0.2, 0) is 0 Å². The largest absolute Gasteiger partial charge is 0.384 e. The van der Waals surface area contributed by atoms with Crippen LogP contribution in [0, 0.1) is 24.6 Å². The zero-order valence-electron chi connectivity index (χ0n) is 10.6. The van der Waals surface area contributed by atoms with E-state index in [0.29, 0.717) is 11.3 Å². The number of aliphatic hydroxyl groups is 1. The molecule has 0 radical (unpaired) electrons. The van der Waals surface area contributed by atoms with Gasteiger partial charge in [-0.3, -0.25) is 10.1 Å². The molecule has 1 heterocycles. The number of halogens is 1. The van der Waals surface area contributed by atoms with E-state index in [0.717, 1.165) is 6.07 Å². The van der Waals surface area contributed by atoms with Crippen molar-refractivity contribution in [3.8, 4) is 11.8 Å². The van der Waals surface area contributed by atoms with Crippen molar-refractivity contribution >= 4 is 11.8 Å². The quantitative estimate of drug-likeness (QED) is 0.818. The van der Waals surface area contributed by atoms with E-state index in [1.54, 1.807) is 6.92 Å². The van der Waals surface area contributed by atoms with Crippen molar-refractivity contribution in [3.05, 3.63) is 46.9 Å². The molecule has 20 heavy (non-hydrogen) atoms. The minimum atomic E-state index is -0.705. The van der Waals surface area contributed by atoms with Gasteiger partial charge >= 0.3 is 0 Å². The molecule has 0 spiro atoms. The first-order valence-electron chi connectivity index (χ1n) is 5.74. The monoisotopic (exact) mass is 274 g/mol. The fourth-order valence-corrected chi connectivity index (χ4v) is 1.52. The zero-order valence-corrected chi connectivity index (χ0v) is 10.6. The molecule has 5 nitrogen and oxygen atoms in total. The average molecular weight is 274 g/mol. The van der Waals surface area contributed by atoms with Gasteiger partial charge in [0.05, 0.1) is 11.3 Å². The number of nitrogens with zero attached hydrogens (tertiary/aromatic N) is 1. The number of carbonyl (C=O) groups excluding carboxylic acids is 1. The molecule has 6 heteroatoms. The second-order valence-electron chi connectivity index (χ2n) is 3.94. The summed E-state index contributed by atoms with van der Waals surface area (Å²) >= 11 is 0. The predicted molar refractivity (Wildman–Crippen MR) is 69.6 cm³/mol. The van der Waals surface area contributed by atoms with Gasteiger partial charge in [0.1, 0.15) is 12.4 Å². The molecule has 102 valence electrons. The summed E-state index contributed by atoms with van der Waals surface area (Å²) in [4.78, 5) is 11.9. The maximum absolute atomic E-state index is 13.8. The average Bonchev–Trinajstić information content (AvgIpc) is 2.81. The predicted octanol–water partition coefficient (Wildman–Crippen LogP) is 1.72. The Hall–Kier alpha value is -2.65. The first kappa shape index (κ1) is 13.8. The second kappa shape index (κ2) is 5.99. The lowest BCUT2D eigenvalue weighted by Gasteiger charge is -2.03. The Labute approximate surface area is 114 Å². The van der Waals surface area contributed by atoms with Crippen LogP contribution in [0.5, 0.6) is 0 Å². The van der Waals surface area contributed by atoms with Crippen molar-refractivity contribution in [1.29, 1.82) is 0 Å². The molecule has 0 atom stereocenters. The Morgan fingerprint density at radius 2 is 2.30 bits per heavy atom. The Bertz CT molecular complexity index is 698. The number of nitrogens with one attached hydrogen (secondary N) is 1. The Morgan fingerprint density at radius 3 is 2.90 bits per heavy atom. The van der Waals surface area contributed by atoms with Gasteiger partial charge in [0.25, 0.3) is 5.91 Å². The van der Waals surface area contributed by atoms with Crippen LogP contribution >= 0.6 is 0 Å². The molecule has 0 aliphatic carbocycles. The first-order valence-corrected chi connectivity index (χ1v) is 5.74. The molecule has 0 saturated carbocycles. The molecule has 2 aromatic rings. The molecule has 2 N–H and O–H groups in total. The lowest BCUT2D eigenvalue weighted by molar-refractivity contribution is 0.102. The number of hydrogen-bond donors (Lipinski definition) is 2. The third-order valence-electron chi connectivity index (χ3n) is 2.39. The number of aryl methyl sites for hydroxylation is 1. The highest BCUT2D eigenvalue weighted by atomic mass is 19.1. The minimum absolute atomic E-state index is 0.131. The fourth-order valence-electron chi connectivity index (χ4n) is 1.52. The van der Waals surface area contributed by atoms with E-state index in [4.69, 9.17) is 9.63 Å². The molecule has 1 aromatic heterocycles. The fraction of sp³-hybridized carbons (Fsp3) is 0.143. The minimum Gasteiger partial charge on any atom is -0.384 e. The van der Waals surface area contributed by atoms with Gasteiger partial charge in [0.2, 0.25) is 5.88 Å². The molecule has 0 bridgehead atoms. The van der Waals surface area contributed by atoms with E-state index < -0.39 is 11.7 Å². The standard InChI is InChI=1S/C14H11FN2O3/c1-9-7-13(20-17-9)16-14(19)11-5-4-10(3-2-6-18)8-12(11)15/h4-5,7-8,18H,6H2,1H3,(H,16,19). The van der Waals surface area contributed by atoms with Crippen molar-refractivity contribution in [2.24, 2.45) is 0 Å². The normalized spacial score (nSPS) is 9.75. The van der Waals surface area contributed by atoms with E-state index in [1.807, 2.05) is 0 Å². The van der Waals surface area contributed by atoms with E-state index in [2.05, 4.69) is 22.3 Å². The smallest absolute Gasteiger partial charge is 0.261 e. The van der Waals surface area contributed by atoms with Crippen LogP contribution in [-0.4, -0.2) is 22.8 Å². The Kier molecular flexibility index (Phi) is 4.13. The third-order valence-corrected chi connectivity index (χ3v) is 2.39. The van der Waals surface area contributed by atoms with Gasteiger partial charge in [-0.05, 0) is 25.1 Å². The summed E-state index contributed by atoms with van der Waals surface area (Å²) in [6.45, 7) is 1.39. The van der Waals surface area contributed by atoms with Crippen LogP contribution in [0.15, 0.2) is 28.8 Å². The zero-order chi connectivity index (χ0) is 14.5. The molecule has 0 fully saturated rings. The number of anilines is 1. The Morgan fingerprint density at radius 1 is 1.50 bits per heavy atom. The maximum atomic E-state index is 13.8. The summed E-state index contributed by atoms with van der Waals surface area (Å²) in [5.74, 6) is 3.76. The molecule has 0 aliphatic rings. The van der Waals surface area contributed by atoms with Crippen LogP contribution in [0.2, 0.25) is 0 Å². The van der Waals surface area contributed by atoms with Crippen molar-refractivity contribution < 1.29 is 18.8 Å². The van der Waals surface area contributed by atoms with E-state index in [1.165, 1.54) is 18.2 Å². The summed E-state index contributed by atoms with van der Waals surface area (Å²) in [5, 5.41) is 14.6. The molecular formula is C14H11FN2O3. The SMILES string of the molecule is Cc1cc(NC(=O)c2ccc(C#CCO)cc2F)on1. The van der Waals surface area contributed by atoms with Gasteiger partial charge in [-0.1, -0.05) is 17.0 Å². The van der Waals surface area contributed by atoms with E-state index >= 15 is 0 Å².